The van der Waals surface area contributed by atoms with Crippen LogP contribution in [-0.4, -0.2) is 37.9 Å². The van der Waals surface area contributed by atoms with Crippen LogP contribution in [0, 0.1) is 19.3 Å². The van der Waals surface area contributed by atoms with Gasteiger partial charge in [-0.25, -0.2) is 4.68 Å². The van der Waals surface area contributed by atoms with Gasteiger partial charge in [0.15, 0.2) is 11.4 Å². The van der Waals surface area contributed by atoms with Gasteiger partial charge in [0.2, 0.25) is 11.5 Å². The van der Waals surface area contributed by atoms with Crippen LogP contribution in [0.2, 0.25) is 0 Å². The molecule has 1 aromatic carbocycles. The zero-order chi connectivity index (χ0) is 29.1. The molecule has 1 N–H and O–H groups in total. The van der Waals surface area contributed by atoms with Crippen molar-refractivity contribution in [2.24, 2.45) is 0 Å². The van der Waals surface area contributed by atoms with Crippen molar-refractivity contribution in [1.29, 1.82) is 5.41 Å². The number of ether oxygens (including phenoxy) is 2. The average Bonchev–Trinajstić information content (AvgIpc) is 3.15. The predicted octanol–water partition coefficient (Wildman–Crippen LogP) is 7.16. The highest BCUT2D eigenvalue weighted by atomic mass is 32.5. The predicted molar refractivity (Wildman–Crippen MR) is 136 cm³/mol. The SMILES string of the molecule is CC.CCOc1cc(C(=O)Cn2nc3c(C)c(C)c(OC(CC)CC)nn3c2=N)cc(S(F)(F)(F)(F)F)c1. The molecule has 8 nitrogen and oxygen atoms in total. The number of fused-ring (bicyclic) bond motifs is 1. The number of aromatic nitrogens is 4. The quantitative estimate of drug-likeness (QED) is 0.207. The second-order valence-electron chi connectivity index (χ2n) is 8.35. The molecule has 0 saturated heterocycles. The van der Waals surface area contributed by atoms with Crippen LogP contribution in [0.25, 0.3) is 5.65 Å². The van der Waals surface area contributed by atoms with Gasteiger partial charge in [0.1, 0.15) is 17.2 Å². The summed E-state index contributed by atoms with van der Waals surface area (Å²) in [5, 5.41) is 16.9. The van der Waals surface area contributed by atoms with Gasteiger partial charge in [-0.05, 0) is 45.7 Å². The number of nitrogens with one attached hydrogen (secondary N) is 1. The van der Waals surface area contributed by atoms with E-state index in [0.717, 1.165) is 28.1 Å². The molecule has 0 aliphatic carbocycles. The first-order valence-electron chi connectivity index (χ1n) is 12.2. The van der Waals surface area contributed by atoms with E-state index in [0.29, 0.717) is 17.0 Å². The molecule has 3 aromatic rings. The zero-order valence-corrected chi connectivity index (χ0v) is 23.3. The first-order valence-corrected chi connectivity index (χ1v) is 14.2. The monoisotopic (exact) mass is 567 g/mol. The third-order valence-electron chi connectivity index (χ3n) is 5.71. The number of carbonyl (C=O) groups excluding carboxylic acids is 1. The number of rotatable bonds is 10. The van der Waals surface area contributed by atoms with E-state index in [4.69, 9.17) is 14.9 Å². The van der Waals surface area contributed by atoms with Crippen molar-refractivity contribution in [2.45, 2.75) is 78.9 Å². The van der Waals surface area contributed by atoms with Crippen LogP contribution in [0.5, 0.6) is 11.6 Å². The Morgan fingerprint density at radius 1 is 1.00 bits per heavy atom. The average molecular weight is 568 g/mol. The molecule has 0 fully saturated rings. The van der Waals surface area contributed by atoms with Crippen molar-refractivity contribution in [1.82, 2.24) is 19.4 Å². The Balaban J connectivity index is 0.00000247. The summed E-state index contributed by atoms with van der Waals surface area (Å²) in [4.78, 5) is 10.6. The lowest BCUT2D eigenvalue weighted by Crippen LogP contribution is -2.27. The highest BCUT2D eigenvalue weighted by molar-refractivity contribution is 8.45. The third-order valence-corrected chi connectivity index (χ3v) is 6.84. The molecule has 14 heteroatoms. The van der Waals surface area contributed by atoms with Gasteiger partial charge >= 0.3 is 10.2 Å². The minimum Gasteiger partial charge on any atom is -0.494 e. The topological polar surface area (TPSA) is 94.5 Å². The Morgan fingerprint density at radius 2 is 1.61 bits per heavy atom. The number of ketones is 1. The van der Waals surface area contributed by atoms with E-state index in [1.54, 1.807) is 13.8 Å². The first kappa shape index (κ1) is 31.1. The molecule has 2 heterocycles. The molecule has 38 heavy (non-hydrogen) atoms. The molecule has 0 atom stereocenters. The summed E-state index contributed by atoms with van der Waals surface area (Å²) < 4.78 is 80.3. The van der Waals surface area contributed by atoms with Gasteiger partial charge in [0.05, 0.1) is 12.7 Å². The Kier molecular flexibility index (Phi) is 8.62. The van der Waals surface area contributed by atoms with Crippen molar-refractivity contribution >= 4 is 21.7 Å². The molecule has 0 unspecified atom stereocenters. The van der Waals surface area contributed by atoms with E-state index in [1.165, 1.54) is 6.92 Å². The van der Waals surface area contributed by atoms with E-state index >= 15 is 0 Å². The summed E-state index contributed by atoms with van der Waals surface area (Å²) in [7, 11) is -10.1. The van der Waals surface area contributed by atoms with Crippen LogP contribution in [0.3, 0.4) is 0 Å². The Bertz CT molecular complexity index is 1380. The lowest BCUT2D eigenvalue weighted by Gasteiger charge is -2.40. The maximum Gasteiger partial charge on any atom is 0.310 e. The third kappa shape index (κ3) is 6.83. The summed E-state index contributed by atoms with van der Waals surface area (Å²) in [6.45, 7) is 12.1. The van der Waals surface area contributed by atoms with Crippen molar-refractivity contribution in [3.63, 3.8) is 0 Å². The van der Waals surface area contributed by atoms with E-state index in [1.807, 2.05) is 27.7 Å². The molecule has 0 aliphatic heterocycles. The Hall–Kier alpha value is -3.16. The summed E-state index contributed by atoms with van der Waals surface area (Å²) in [6, 6.07) is 1.23. The van der Waals surface area contributed by atoms with Crippen LogP contribution in [-0.2, 0) is 6.54 Å². The molecule has 3 rings (SSSR count). The second kappa shape index (κ2) is 10.5. The van der Waals surface area contributed by atoms with Crippen LogP contribution in [0.4, 0.5) is 19.4 Å². The minimum atomic E-state index is -10.1. The lowest BCUT2D eigenvalue weighted by molar-refractivity contribution is 0.0965. The fourth-order valence-electron chi connectivity index (χ4n) is 3.50. The number of aryl methyl sites for hydroxylation is 1. The number of halogens is 5. The number of Topliss-reactive ketones (excluding diaryl/α,β-unsaturated/α-hetero) is 1. The number of hydrogen-bond donors (Lipinski definition) is 1. The van der Waals surface area contributed by atoms with E-state index in [-0.39, 0.29) is 36.1 Å². The normalized spacial score (nSPS) is 13.5. The standard InChI is InChI=1S/C22H28F5N5O3S.C2H6/c1-6-16(7-2)35-21-14(5)13(4)20-29-31(22(28)32(20)30-21)12-19(33)15-9-17(34-8-3)11-18(10-15)36(23,24,25,26)27;1-2/h9-11,16,28H,6-8,12H2,1-5H3;1-2H3. The van der Waals surface area contributed by atoms with Gasteiger partial charge in [0.25, 0.3) is 0 Å². The van der Waals surface area contributed by atoms with Crippen molar-refractivity contribution in [3.05, 3.63) is 40.5 Å². The maximum atomic E-state index is 13.5. The highest BCUT2D eigenvalue weighted by Gasteiger charge is 2.65. The van der Waals surface area contributed by atoms with Crippen molar-refractivity contribution < 1.29 is 33.7 Å². The van der Waals surface area contributed by atoms with Gasteiger partial charge in [-0.3, -0.25) is 10.2 Å². The Morgan fingerprint density at radius 3 is 2.13 bits per heavy atom. The molecular formula is C24H34F5N5O3S. The fraction of sp³-hybridized carbons (Fsp3) is 0.500. The number of hydrogen-bond acceptors (Lipinski definition) is 6. The van der Waals surface area contributed by atoms with Crippen LogP contribution < -0.4 is 15.1 Å². The summed E-state index contributed by atoms with van der Waals surface area (Å²) in [6.07, 6.45) is 1.38. The second-order valence-corrected chi connectivity index (χ2v) is 10.8. The van der Waals surface area contributed by atoms with Crippen molar-refractivity contribution in [3.8, 4) is 11.6 Å². The molecule has 0 spiro atoms. The minimum absolute atomic E-state index is 0.0962. The lowest BCUT2D eigenvalue weighted by atomic mass is 10.1. The van der Waals surface area contributed by atoms with Crippen LogP contribution in [0.1, 0.15) is 68.9 Å². The summed E-state index contributed by atoms with van der Waals surface area (Å²) in [5.41, 5.74) is 0.574. The molecule has 2 aromatic heterocycles. The van der Waals surface area contributed by atoms with Gasteiger partial charge < -0.3 is 9.47 Å². The van der Waals surface area contributed by atoms with E-state index < -0.39 is 38.8 Å². The summed E-state index contributed by atoms with van der Waals surface area (Å²) >= 11 is 0. The molecular weight excluding hydrogens is 533 g/mol. The molecule has 0 bridgehead atoms. The Labute approximate surface area is 218 Å². The van der Waals surface area contributed by atoms with Crippen molar-refractivity contribution in [2.75, 3.05) is 6.61 Å². The number of carbonyl (C=O) groups is 1. The maximum absolute atomic E-state index is 13.5. The van der Waals surface area contributed by atoms with Gasteiger partial charge in [-0.1, -0.05) is 47.1 Å². The molecule has 0 saturated carbocycles. The van der Waals surface area contributed by atoms with Gasteiger partial charge in [-0.15, -0.1) is 10.2 Å². The van der Waals surface area contributed by atoms with Gasteiger partial charge in [0, 0.05) is 22.8 Å². The van der Waals surface area contributed by atoms with Crippen LogP contribution >= 0.6 is 10.2 Å². The molecule has 214 valence electrons. The fourth-order valence-corrected chi connectivity index (χ4v) is 4.19. The molecule has 0 radical (unpaired) electrons. The number of benzene rings is 1. The zero-order valence-electron chi connectivity index (χ0n) is 22.4. The molecule has 0 aliphatic rings. The summed E-state index contributed by atoms with van der Waals surface area (Å²) in [5.74, 6) is -1.19. The largest absolute Gasteiger partial charge is 0.494 e. The van der Waals surface area contributed by atoms with E-state index in [2.05, 4.69) is 10.2 Å². The van der Waals surface area contributed by atoms with E-state index in [9.17, 15) is 24.2 Å². The van der Waals surface area contributed by atoms with Crippen LogP contribution in [0.15, 0.2) is 23.1 Å². The first-order chi connectivity index (χ1) is 17.5. The highest BCUT2D eigenvalue weighted by Crippen LogP contribution is 3.02. The number of nitrogens with zero attached hydrogens (tertiary/aromatic N) is 4. The van der Waals surface area contributed by atoms with Gasteiger partial charge in [-0.2, -0.15) is 4.52 Å². The smallest absolute Gasteiger partial charge is 0.310 e. The molecule has 0 amide bonds.